The highest BCUT2D eigenvalue weighted by Gasteiger charge is 2.22. The highest BCUT2D eigenvalue weighted by Crippen LogP contribution is 2.32. The zero-order valence-corrected chi connectivity index (χ0v) is 13.0. The fourth-order valence-electron chi connectivity index (χ4n) is 1.79. The number of halogens is 3. The highest BCUT2D eigenvalue weighted by molar-refractivity contribution is 9.10. The van der Waals surface area contributed by atoms with E-state index in [4.69, 9.17) is 11.6 Å². The van der Waals surface area contributed by atoms with Gasteiger partial charge >= 0.3 is 0 Å². The molecule has 0 fully saturated rings. The van der Waals surface area contributed by atoms with E-state index in [0.717, 1.165) is 6.07 Å². The van der Waals surface area contributed by atoms with Gasteiger partial charge in [-0.05, 0) is 33.6 Å². The molecular formula is C15H9BrClFN2O. The first kappa shape index (κ1) is 15.5. The van der Waals surface area contributed by atoms with Crippen LogP contribution in [0, 0.1) is 17.1 Å². The fraction of sp³-hybridized carbons (Fsp3) is 0.0667. The van der Waals surface area contributed by atoms with Gasteiger partial charge in [0.1, 0.15) is 5.82 Å². The molecule has 0 aliphatic heterocycles. The van der Waals surface area contributed by atoms with E-state index in [1.165, 1.54) is 6.07 Å². The second-order valence-electron chi connectivity index (χ2n) is 4.21. The number of carbonyl (C=O) groups excluding carboxylic acids is 1. The molecule has 0 aliphatic rings. The first-order chi connectivity index (χ1) is 10.0. The van der Waals surface area contributed by atoms with Crippen LogP contribution in [-0.2, 0) is 4.79 Å². The zero-order valence-electron chi connectivity index (χ0n) is 10.6. The van der Waals surface area contributed by atoms with Gasteiger partial charge in [0.2, 0.25) is 5.91 Å². The van der Waals surface area contributed by atoms with E-state index >= 15 is 0 Å². The van der Waals surface area contributed by atoms with Crippen molar-refractivity contribution in [3.8, 4) is 6.07 Å². The van der Waals surface area contributed by atoms with E-state index in [0.29, 0.717) is 10.0 Å². The summed E-state index contributed by atoms with van der Waals surface area (Å²) in [7, 11) is 0. The van der Waals surface area contributed by atoms with Crippen LogP contribution in [0.5, 0.6) is 0 Å². The van der Waals surface area contributed by atoms with Gasteiger partial charge < -0.3 is 5.32 Å². The van der Waals surface area contributed by atoms with Crippen LogP contribution in [0.4, 0.5) is 10.1 Å². The van der Waals surface area contributed by atoms with Crippen molar-refractivity contribution >= 4 is 39.1 Å². The van der Waals surface area contributed by atoms with Gasteiger partial charge in [0, 0.05) is 4.47 Å². The predicted octanol–water partition coefficient (Wildman–Crippen LogP) is 4.49. The minimum atomic E-state index is -0.973. The van der Waals surface area contributed by atoms with Gasteiger partial charge in [0.15, 0.2) is 5.92 Å². The number of nitrogens with one attached hydrogen (secondary N) is 1. The van der Waals surface area contributed by atoms with E-state index in [2.05, 4.69) is 21.2 Å². The summed E-state index contributed by atoms with van der Waals surface area (Å²) in [4.78, 5) is 12.2. The minimum absolute atomic E-state index is 0.0555. The second-order valence-corrected chi connectivity index (χ2v) is 5.47. The molecule has 106 valence electrons. The smallest absolute Gasteiger partial charge is 0.246 e. The number of rotatable bonds is 3. The number of hydrogen-bond donors (Lipinski definition) is 1. The standard InChI is InChI=1S/C15H9BrClFN2O/c16-12-6-10(18)7-13(17)14(12)20-15(21)11(8-19)9-4-2-1-3-5-9/h1-7,11H,(H,20,21). The van der Waals surface area contributed by atoms with Crippen molar-refractivity contribution in [1.82, 2.24) is 0 Å². The monoisotopic (exact) mass is 366 g/mol. The van der Waals surface area contributed by atoms with Gasteiger partial charge in [0.05, 0.1) is 16.8 Å². The summed E-state index contributed by atoms with van der Waals surface area (Å²) < 4.78 is 13.5. The first-order valence-corrected chi connectivity index (χ1v) is 7.10. The van der Waals surface area contributed by atoms with Gasteiger partial charge in [-0.2, -0.15) is 5.26 Å². The third-order valence-electron chi connectivity index (χ3n) is 2.78. The average molecular weight is 368 g/mol. The van der Waals surface area contributed by atoms with Crippen LogP contribution in [0.1, 0.15) is 11.5 Å². The third kappa shape index (κ3) is 3.60. The molecule has 2 rings (SSSR count). The third-order valence-corrected chi connectivity index (χ3v) is 3.70. The lowest BCUT2D eigenvalue weighted by molar-refractivity contribution is -0.116. The van der Waals surface area contributed by atoms with E-state index in [1.54, 1.807) is 30.3 Å². The van der Waals surface area contributed by atoms with Crippen LogP contribution in [0.3, 0.4) is 0 Å². The normalized spacial score (nSPS) is 11.5. The number of carbonyl (C=O) groups is 1. The second kappa shape index (κ2) is 6.70. The van der Waals surface area contributed by atoms with Crippen LogP contribution in [-0.4, -0.2) is 5.91 Å². The largest absolute Gasteiger partial charge is 0.322 e. The number of benzene rings is 2. The van der Waals surface area contributed by atoms with E-state index in [9.17, 15) is 14.4 Å². The molecule has 0 heterocycles. The quantitative estimate of drug-likeness (QED) is 0.869. The number of amides is 1. The lowest BCUT2D eigenvalue weighted by atomic mass is 10.00. The van der Waals surface area contributed by atoms with Crippen LogP contribution < -0.4 is 5.32 Å². The number of nitriles is 1. The number of anilines is 1. The Bertz CT molecular complexity index is 692. The molecule has 1 unspecified atom stereocenters. The highest BCUT2D eigenvalue weighted by atomic mass is 79.9. The summed E-state index contributed by atoms with van der Waals surface area (Å²) in [5, 5.41) is 11.8. The van der Waals surface area contributed by atoms with E-state index in [-0.39, 0.29) is 10.7 Å². The molecule has 1 N–H and O–H groups in total. The summed E-state index contributed by atoms with van der Waals surface area (Å²) in [6.45, 7) is 0. The zero-order chi connectivity index (χ0) is 15.4. The van der Waals surface area contributed by atoms with Crippen molar-refractivity contribution in [2.45, 2.75) is 5.92 Å². The maximum absolute atomic E-state index is 13.2. The maximum atomic E-state index is 13.2. The molecule has 0 spiro atoms. The van der Waals surface area contributed by atoms with Crippen molar-refractivity contribution in [3.63, 3.8) is 0 Å². The molecule has 0 aliphatic carbocycles. The summed E-state index contributed by atoms with van der Waals surface area (Å²) in [5.41, 5.74) is 0.811. The van der Waals surface area contributed by atoms with Crippen molar-refractivity contribution in [2.75, 3.05) is 5.32 Å². The Kier molecular flexibility index (Phi) is 4.94. The first-order valence-electron chi connectivity index (χ1n) is 5.93. The fourth-order valence-corrected chi connectivity index (χ4v) is 2.69. The molecule has 0 bridgehead atoms. The SMILES string of the molecule is N#CC(C(=O)Nc1c(Cl)cc(F)cc1Br)c1ccccc1. The molecule has 0 saturated carbocycles. The van der Waals surface area contributed by atoms with Crippen molar-refractivity contribution in [3.05, 3.63) is 63.3 Å². The Balaban J connectivity index is 2.28. The lowest BCUT2D eigenvalue weighted by Gasteiger charge is -2.13. The van der Waals surface area contributed by atoms with Crippen LogP contribution in [0.25, 0.3) is 0 Å². The minimum Gasteiger partial charge on any atom is -0.322 e. The molecule has 0 saturated heterocycles. The molecule has 0 radical (unpaired) electrons. The van der Waals surface area contributed by atoms with E-state index in [1.807, 2.05) is 6.07 Å². The Hall–Kier alpha value is -1.90. The van der Waals surface area contributed by atoms with Crippen LogP contribution >= 0.6 is 27.5 Å². The van der Waals surface area contributed by atoms with Crippen LogP contribution in [0.15, 0.2) is 46.9 Å². The molecular weight excluding hydrogens is 359 g/mol. The van der Waals surface area contributed by atoms with Gasteiger partial charge in [0.25, 0.3) is 0 Å². The van der Waals surface area contributed by atoms with Crippen molar-refractivity contribution in [2.24, 2.45) is 0 Å². The topological polar surface area (TPSA) is 52.9 Å². The number of hydrogen-bond acceptors (Lipinski definition) is 2. The predicted molar refractivity (Wildman–Crippen MR) is 82.5 cm³/mol. The van der Waals surface area contributed by atoms with Gasteiger partial charge in [-0.1, -0.05) is 41.9 Å². The molecule has 6 heteroatoms. The molecule has 1 atom stereocenters. The van der Waals surface area contributed by atoms with Gasteiger partial charge in [-0.25, -0.2) is 4.39 Å². The summed E-state index contributed by atoms with van der Waals surface area (Å²) in [6.07, 6.45) is 0. The Morgan fingerprint density at radius 2 is 2.00 bits per heavy atom. The molecule has 2 aromatic carbocycles. The molecule has 1 amide bonds. The molecule has 2 aromatic rings. The summed E-state index contributed by atoms with van der Waals surface area (Å²) in [6, 6.07) is 12.9. The van der Waals surface area contributed by atoms with Crippen molar-refractivity contribution in [1.29, 1.82) is 5.26 Å². The van der Waals surface area contributed by atoms with Gasteiger partial charge in [-0.3, -0.25) is 4.79 Å². The number of nitrogens with zero attached hydrogens (tertiary/aromatic N) is 1. The Morgan fingerprint density at radius 3 is 2.57 bits per heavy atom. The van der Waals surface area contributed by atoms with Gasteiger partial charge in [-0.15, -0.1) is 0 Å². The molecule has 21 heavy (non-hydrogen) atoms. The summed E-state index contributed by atoms with van der Waals surface area (Å²) in [5.74, 6) is -2.03. The van der Waals surface area contributed by atoms with Crippen LogP contribution in [0.2, 0.25) is 5.02 Å². The van der Waals surface area contributed by atoms with Crippen molar-refractivity contribution < 1.29 is 9.18 Å². The Labute approximate surface area is 134 Å². The summed E-state index contributed by atoms with van der Waals surface area (Å²) >= 11 is 9.04. The Morgan fingerprint density at radius 1 is 1.33 bits per heavy atom. The average Bonchev–Trinajstić information content (AvgIpc) is 2.45. The molecule has 3 nitrogen and oxygen atoms in total. The molecule has 0 aromatic heterocycles. The maximum Gasteiger partial charge on any atom is 0.246 e. The lowest BCUT2D eigenvalue weighted by Crippen LogP contribution is -2.20. The van der Waals surface area contributed by atoms with E-state index < -0.39 is 17.6 Å².